The third kappa shape index (κ3) is 46.4. The van der Waals surface area contributed by atoms with Crippen LogP contribution in [0.15, 0.2) is 48.6 Å². The molecule has 6 heteroatoms. The number of hydrogen-bond acceptors (Lipinski definition) is 6. The molecule has 0 bridgehead atoms. The second-order valence-electron chi connectivity index (χ2n) is 17.1. The van der Waals surface area contributed by atoms with E-state index in [2.05, 4.69) is 69.4 Å². The average molecular weight is 841 g/mol. The average Bonchev–Trinajstić information content (AvgIpc) is 3.24. The van der Waals surface area contributed by atoms with E-state index in [1.165, 1.54) is 128 Å². The minimum absolute atomic E-state index is 0.0827. The lowest BCUT2D eigenvalue weighted by atomic mass is 10.0. The number of unbranched alkanes of at least 4 members (excludes halogenated alkanes) is 28. The Hall–Kier alpha value is -2.63. The van der Waals surface area contributed by atoms with Crippen molar-refractivity contribution < 1.29 is 28.6 Å². The van der Waals surface area contributed by atoms with Gasteiger partial charge in [-0.05, 0) is 64.2 Å². The van der Waals surface area contributed by atoms with Crippen molar-refractivity contribution in [2.75, 3.05) is 13.2 Å². The highest BCUT2D eigenvalue weighted by atomic mass is 16.6. The number of ether oxygens (including phenoxy) is 3. The van der Waals surface area contributed by atoms with E-state index < -0.39 is 6.10 Å². The first kappa shape index (κ1) is 57.4. The zero-order chi connectivity index (χ0) is 43.7. The van der Waals surface area contributed by atoms with Crippen LogP contribution in [0.4, 0.5) is 0 Å². The quantitative estimate of drug-likeness (QED) is 0.0200. The predicted octanol–water partition coefficient (Wildman–Crippen LogP) is 16.7. The van der Waals surface area contributed by atoms with Gasteiger partial charge in [0, 0.05) is 19.3 Å². The van der Waals surface area contributed by atoms with Crippen molar-refractivity contribution in [2.24, 2.45) is 0 Å². The SMILES string of the molecule is CC/C=C\C/C=C\CCCCCCCCCC(=O)OC(COC(=O)CCCCC/C=C\C=C/CCCC)COC(=O)CCCCCCCCCCCCCCCCCCC. The fourth-order valence-corrected chi connectivity index (χ4v) is 7.22. The highest BCUT2D eigenvalue weighted by Crippen LogP contribution is 2.16. The summed E-state index contributed by atoms with van der Waals surface area (Å²) in [7, 11) is 0. The highest BCUT2D eigenvalue weighted by Gasteiger charge is 2.19. The van der Waals surface area contributed by atoms with E-state index in [4.69, 9.17) is 14.2 Å². The van der Waals surface area contributed by atoms with E-state index in [9.17, 15) is 14.4 Å². The first-order chi connectivity index (χ1) is 29.5. The van der Waals surface area contributed by atoms with E-state index in [-0.39, 0.29) is 31.1 Å². The first-order valence-corrected chi connectivity index (χ1v) is 25.7. The first-order valence-electron chi connectivity index (χ1n) is 25.7. The summed E-state index contributed by atoms with van der Waals surface area (Å²) in [5.74, 6) is -0.913. The third-order valence-corrected chi connectivity index (χ3v) is 11.1. The Balaban J connectivity index is 4.35. The molecule has 0 fully saturated rings. The van der Waals surface area contributed by atoms with Crippen LogP contribution < -0.4 is 0 Å². The maximum absolute atomic E-state index is 12.8. The summed E-state index contributed by atoms with van der Waals surface area (Å²) in [4.78, 5) is 37.9. The van der Waals surface area contributed by atoms with Crippen molar-refractivity contribution in [1.29, 1.82) is 0 Å². The van der Waals surface area contributed by atoms with Crippen molar-refractivity contribution in [1.82, 2.24) is 0 Å². The van der Waals surface area contributed by atoms with E-state index in [0.29, 0.717) is 19.3 Å². The molecule has 0 aliphatic carbocycles. The number of allylic oxidation sites excluding steroid dienone is 8. The molecule has 0 amide bonds. The van der Waals surface area contributed by atoms with Crippen molar-refractivity contribution in [2.45, 2.75) is 264 Å². The Morgan fingerprint density at radius 2 is 0.717 bits per heavy atom. The minimum atomic E-state index is -0.784. The molecule has 6 nitrogen and oxygen atoms in total. The minimum Gasteiger partial charge on any atom is -0.462 e. The maximum atomic E-state index is 12.8. The molecule has 0 aromatic rings. The van der Waals surface area contributed by atoms with E-state index in [1.54, 1.807) is 0 Å². The van der Waals surface area contributed by atoms with Gasteiger partial charge in [0.2, 0.25) is 0 Å². The molecule has 60 heavy (non-hydrogen) atoms. The summed E-state index contributed by atoms with van der Waals surface area (Å²) in [5.41, 5.74) is 0. The molecule has 0 spiro atoms. The van der Waals surface area contributed by atoms with E-state index >= 15 is 0 Å². The predicted molar refractivity (Wildman–Crippen MR) is 256 cm³/mol. The van der Waals surface area contributed by atoms with Crippen LogP contribution in [0.3, 0.4) is 0 Å². The van der Waals surface area contributed by atoms with E-state index in [1.807, 2.05) is 0 Å². The Labute approximate surface area is 371 Å². The van der Waals surface area contributed by atoms with Crippen LogP contribution in [0, 0.1) is 0 Å². The van der Waals surface area contributed by atoms with Gasteiger partial charge in [-0.3, -0.25) is 14.4 Å². The standard InChI is InChI=1S/C54H96O6/c1-4-7-10-13-16-19-22-24-26-27-28-30-32-35-38-41-44-47-53(56)59-50-51(49-58-52(55)46-43-40-37-34-31-21-18-15-12-9-6-3)60-54(57)48-45-42-39-36-33-29-25-23-20-17-14-11-8-5-2/h8,11,15,17-18,20-21,31,51H,4-7,9-10,12-14,16,19,22-30,32-50H2,1-3H3/b11-8-,18-15-,20-17-,31-21-. The van der Waals surface area contributed by atoms with Crippen molar-refractivity contribution in [3.63, 3.8) is 0 Å². The lowest BCUT2D eigenvalue weighted by Crippen LogP contribution is -2.30. The molecule has 0 saturated carbocycles. The smallest absolute Gasteiger partial charge is 0.306 e. The highest BCUT2D eigenvalue weighted by molar-refractivity contribution is 5.71. The zero-order valence-electron chi connectivity index (χ0n) is 39.7. The van der Waals surface area contributed by atoms with Crippen molar-refractivity contribution in [3.05, 3.63) is 48.6 Å². The Bertz CT molecular complexity index is 1060. The van der Waals surface area contributed by atoms with Crippen LogP contribution in [0.2, 0.25) is 0 Å². The summed E-state index contributed by atoms with van der Waals surface area (Å²) < 4.78 is 16.8. The van der Waals surface area contributed by atoms with Gasteiger partial charge in [-0.1, -0.05) is 223 Å². The molecular formula is C54H96O6. The molecule has 0 N–H and O–H groups in total. The molecule has 1 atom stereocenters. The second-order valence-corrected chi connectivity index (χ2v) is 17.1. The van der Waals surface area contributed by atoms with Crippen LogP contribution in [-0.4, -0.2) is 37.2 Å². The molecule has 1 unspecified atom stereocenters. The fourth-order valence-electron chi connectivity index (χ4n) is 7.22. The summed E-state index contributed by atoms with van der Waals surface area (Å²) in [5, 5.41) is 0. The Kier molecular flexibility index (Phi) is 46.9. The van der Waals surface area contributed by atoms with Gasteiger partial charge < -0.3 is 14.2 Å². The molecule has 0 heterocycles. The van der Waals surface area contributed by atoms with Crippen LogP contribution >= 0.6 is 0 Å². The number of hydrogen-bond donors (Lipinski definition) is 0. The summed E-state index contributed by atoms with van der Waals surface area (Å²) in [6, 6.07) is 0. The van der Waals surface area contributed by atoms with Gasteiger partial charge in [-0.2, -0.15) is 0 Å². The number of esters is 3. The lowest BCUT2D eigenvalue weighted by Gasteiger charge is -2.18. The molecule has 0 radical (unpaired) electrons. The molecular weight excluding hydrogens is 745 g/mol. The lowest BCUT2D eigenvalue weighted by molar-refractivity contribution is -0.167. The largest absolute Gasteiger partial charge is 0.462 e. The molecule has 0 aromatic carbocycles. The number of rotatable bonds is 46. The van der Waals surface area contributed by atoms with Gasteiger partial charge >= 0.3 is 17.9 Å². The monoisotopic (exact) mass is 841 g/mol. The summed E-state index contributed by atoms with van der Waals surface area (Å²) >= 11 is 0. The van der Waals surface area contributed by atoms with Crippen molar-refractivity contribution in [3.8, 4) is 0 Å². The summed E-state index contributed by atoms with van der Waals surface area (Å²) in [6.07, 6.45) is 58.1. The van der Waals surface area contributed by atoms with E-state index in [0.717, 1.165) is 89.9 Å². The van der Waals surface area contributed by atoms with Gasteiger partial charge in [-0.25, -0.2) is 0 Å². The Morgan fingerprint density at radius 3 is 1.17 bits per heavy atom. The van der Waals surface area contributed by atoms with Gasteiger partial charge in [-0.15, -0.1) is 0 Å². The molecule has 0 rings (SSSR count). The molecule has 0 aromatic heterocycles. The third-order valence-electron chi connectivity index (χ3n) is 11.1. The molecule has 0 aliphatic rings. The normalized spacial score (nSPS) is 12.4. The summed E-state index contributed by atoms with van der Waals surface area (Å²) in [6.45, 7) is 6.47. The zero-order valence-corrected chi connectivity index (χ0v) is 39.7. The van der Waals surface area contributed by atoms with Gasteiger partial charge in [0.05, 0.1) is 0 Å². The second kappa shape index (κ2) is 49.0. The van der Waals surface area contributed by atoms with Crippen LogP contribution in [-0.2, 0) is 28.6 Å². The molecule has 0 aliphatic heterocycles. The number of carbonyl (C=O) groups excluding carboxylic acids is 3. The van der Waals surface area contributed by atoms with Crippen LogP contribution in [0.25, 0.3) is 0 Å². The number of carbonyl (C=O) groups is 3. The Morgan fingerprint density at radius 1 is 0.367 bits per heavy atom. The van der Waals surface area contributed by atoms with Gasteiger partial charge in [0.15, 0.2) is 6.10 Å². The van der Waals surface area contributed by atoms with Gasteiger partial charge in [0.25, 0.3) is 0 Å². The molecule has 0 saturated heterocycles. The topological polar surface area (TPSA) is 78.9 Å². The fraction of sp³-hybridized carbons (Fsp3) is 0.796. The van der Waals surface area contributed by atoms with Crippen molar-refractivity contribution >= 4 is 17.9 Å². The van der Waals surface area contributed by atoms with Crippen LogP contribution in [0.5, 0.6) is 0 Å². The maximum Gasteiger partial charge on any atom is 0.306 e. The van der Waals surface area contributed by atoms with Gasteiger partial charge in [0.1, 0.15) is 13.2 Å². The molecule has 348 valence electrons. The van der Waals surface area contributed by atoms with Crippen LogP contribution in [0.1, 0.15) is 258 Å².